The van der Waals surface area contributed by atoms with E-state index in [0.717, 1.165) is 29.3 Å². The first-order valence-corrected chi connectivity index (χ1v) is 6.58. The lowest BCUT2D eigenvalue weighted by atomic mass is 10.1. The van der Waals surface area contributed by atoms with Crippen LogP contribution in [0.3, 0.4) is 0 Å². The Hall–Kier alpha value is -2.30. The summed E-state index contributed by atoms with van der Waals surface area (Å²) in [4.78, 5) is 19.1. The molecule has 0 atom stereocenters. The van der Waals surface area contributed by atoms with Gasteiger partial charge in [-0.1, -0.05) is 18.2 Å². The van der Waals surface area contributed by atoms with E-state index in [2.05, 4.69) is 15.3 Å². The minimum absolute atomic E-state index is 0.00858. The number of carbonyl (C=O) groups is 1. The van der Waals surface area contributed by atoms with Crippen LogP contribution in [-0.4, -0.2) is 29.5 Å². The van der Waals surface area contributed by atoms with E-state index in [0.29, 0.717) is 13.0 Å². The van der Waals surface area contributed by atoms with E-state index >= 15 is 0 Å². The number of imidazole rings is 1. The first-order valence-electron chi connectivity index (χ1n) is 6.58. The fourth-order valence-corrected chi connectivity index (χ4v) is 2.02. The van der Waals surface area contributed by atoms with Crippen LogP contribution in [0, 0.1) is 6.92 Å². The molecule has 0 saturated carbocycles. The Kier molecular flexibility index (Phi) is 4.76. The molecule has 0 saturated heterocycles. The molecule has 0 radical (unpaired) electrons. The van der Waals surface area contributed by atoms with Crippen LogP contribution >= 0.6 is 0 Å². The zero-order valence-electron chi connectivity index (χ0n) is 11.8. The molecule has 0 aliphatic heterocycles. The lowest BCUT2D eigenvalue weighted by molar-refractivity contribution is -0.120. The molecular weight excluding hydrogens is 254 g/mol. The van der Waals surface area contributed by atoms with Gasteiger partial charge in [0.25, 0.3) is 0 Å². The number of hydrogen-bond acceptors (Lipinski definition) is 3. The van der Waals surface area contributed by atoms with Crippen molar-refractivity contribution >= 4 is 5.91 Å². The second-order valence-electron chi connectivity index (χ2n) is 4.58. The molecule has 0 unspecified atom stereocenters. The predicted octanol–water partition coefficient (Wildman–Crippen LogP) is 1.63. The number of aryl methyl sites for hydroxylation is 1. The number of benzene rings is 1. The van der Waals surface area contributed by atoms with Crippen molar-refractivity contribution < 1.29 is 9.53 Å². The van der Waals surface area contributed by atoms with Crippen LogP contribution in [0.2, 0.25) is 0 Å². The van der Waals surface area contributed by atoms with Crippen LogP contribution in [0.4, 0.5) is 0 Å². The molecule has 0 fully saturated rings. The highest BCUT2D eigenvalue weighted by Gasteiger charge is 2.07. The first kappa shape index (κ1) is 14.1. The average molecular weight is 273 g/mol. The number of methoxy groups -OCH3 is 1. The van der Waals surface area contributed by atoms with Gasteiger partial charge >= 0.3 is 0 Å². The number of aromatic nitrogens is 2. The minimum Gasteiger partial charge on any atom is -0.496 e. The van der Waals surface area contributed by atoms with Crippen molar-refractivity contribution in [3.05, 3.63) is 47.5 Å². The van der Waals surface area contributed by atoms with Crippen LogP contribution < -0.4 is 10.1 Å². The molecule has 2 rings (SSSR count). The normalized spacial score (nSPS) is 10.3. The van der Waals surface area contributed by atoms with E-state index in [-0.39, 0.29) is 5.91 Å². The summed E-state index contributed by atoms with van der Waals surface area (Å²) in [5, 5.41) is 2.90. The first-order chi connectivity index (χ1) is 9.69. The zero-order valence-corrected chi connectivity index (χ0v) is 11.8. The van der Waals surface area contributed by atoms with Gasteiger partial charge in [0.1, 0.15) is 11.6 Å². The molecule has 5 nitrogen and oxygen atoms in total. The molecule has 1 amide bonds. The highest BCUT2D eigenvalue weighted by Crippen LogP contribution is 2.17. The van der Waals surface area contributed by atoms with Crippen molar-refractivity contribution in [2.24, 2.45) is 0 Å². The fourth-order valence-electron chi connectivity index (χ4n) is 2.02. The Morgan fingerprint density at radius 3 is 2.90 bits per heavy atom. The van der Waals surface area contributed by atoms with Crippen molar-refractivity contribution in [1.82, 2.24) is 15.3 Å². The summed E-state index contributed by atoms with van der Waals surface area (Å²) >= 11 is 0. The maximum atomic E-state index is 11.9. The zero-order chi connectivity index (χ0) is 14.4. The molecule has 2 aromatic rings. The Balaban J connectivity index is 1.80. The monoisotopic (exact) mass is 273 g/mol. The second kappa shape index (κ2) is 6.75. The van der Waals surface area contributed by atoms with Crippen molar-refractivity contribution in [2.75, 3.05) is 13.7 Å². The molecule has 1 aromatic carbocycles. The molecule has 20 heavy (non-hydrogen) atoms. The molecule has 0 bridgehead atoms. The van der Waals surface area contributed by atoms with Crippen molar-refractivity contribution in [3.8, 4) is 5.75 Å². The van der Waals surface area contributed by atoms with Gasteiger partial charge in [-0.15, -0.1) is 0 Å². The Bertz CT molecular complexity index is 578. The smallest absolute Gasteiger partial charge is 0.224 e. The Morgan fingerprint density at radius 1 is 1.40 bits per heavy atom. The third kappa shape index (κ3) is 3.85. The van der Waals surface area contributed by atoms with Crippen LogP contribution in [0.15, 0.2) is 30.5 Å². The highest BCUT2D eigenvalue weighted by molar-refractivity contribution is 5.79. The predicted molar refractivity (Wildman–Crippen MR) is 76.7 cm³/mol. The van der Waals surface area contributed by atoms with Crippen LogP contribution in [0.5, 0.6) is 5.75 Å². The third-order valence-electron chi connectivity index (χ3n) is 3.02. The number of aromatic amines is 1. The van der Waals surface area contributed by atoms with E-state index in [1.165, 1.54) is 0 Å². The number of para-hydroxylation sites is 1. The minimum atomic E-state index is -0.00858. The number of ether oxygens (including phenoxy) is 1. The van der Waals surface area contributed by atoms with Crippen molar-refractivity contribution in [1.29, 1.82) is 0 Å². The highest BCUT2D eigenvalue weighted by atomic mass is 16.5. The fraction of sp³-hybridized carbons (Fsp3) is 0.333. The maximum Gasteiger partial charge on any atom is 0.224 e. The SMILES string of the molecule is COc1ccccc1CC(=O)NCCc1cnc(C)[nH]1. The van der Waals surface area contributed by atoms with Crippen molar-refractivity contribution in [3.63, 3.8) is 0 Å². The second-order valence-corrected chi connectivity index (χ2v) is 4.58. The van der Waals surface area contributed by atoms with Gasteiger partial charge in [-0.3, -0.25) is 4.79 Å². The molecular formula is C15H19N3O2. The standard InChI is InChI=1S/C15H19N3O2/c1-11-17-10-13(18-11)7-8-16-15(19)9-12-5-3-4-6-14(12)20-2/h3-6,10H,7-9H2,1-2H3,(H,16,19)(H,17,18). The lowest BCUT2D eigenvalue weighted by Crippen LogP contribution is -2.27. The number of H-pyrrole nitrogens is 1. The molecule has 2 N–H and O–H groups in total. The molecule has 0 spiro atoms. The van der Waals surface area contributed by atoms with Crippen LogP contribution in [0.1, 0.15) is 17.1 Å². The summed E-state index contributed by atoms with van der Waals surface area (Å²) in [6, 6.07) is 7.55. The number of hydrogen-bond donors (Lipinski definition) is 2. The summed E-state index contributed by atoms with van der Waals surface area (Å²) in [5.41, 5.74) is 1.92. The summed E-state index contributed by atoms with van der Waals surface area (Å²) < 4.78 is 5.23. The van der Waals surface area contributed by atoms with Gasteiger partial charge in [-0.05, 0) is 13.0 Å². The summed E-state index contributed by atoms with van der Waals surface area (Å²) in [6.45, 7) is 2.50. The lowest BCUT2D eigenvalue weighted by Gasteiger charge is -2.08. The van der Waals surface area contributed by atoms with E-state index in [1.807, 2.05) is 31.2 Å². The summed E-state index contributed by atoms with van der Waals surface area (Å²) in [7, 11) is 1.61. The van der Waals surface area contributed by atoms with Gasteiger partial charge in [-0.2, -0.15) is 0 Å². The number of rotatable bonds is 6. The molecule has 5 heteroatoms. The number of nitrogens with zero attached hydrogens (tertiary/aromatic N) is 1. The summed E-state index contributed by atoms with van der Waals surface area (Å²) in [6.07, 6.45) is 2.87. The van der Waals surface area contributed by atoms with Gasteiger partial charge in [-0.25, -0.2) is 4.98 Å². The Labute approximate surface area is 118 Å². The van der Waals surface area contributed by atoms with Crippen LogP contribution in [-0.2, 0) is 17.6 Å². The van der Waals surface area contributed by atoms with Crippen molar-refractivity contribution in [2.45, 2.75) is 19.8 Å². The van der Waals surface area contributed by atoms with Crippen LogP contribution in [0.25, 0.3) is 0 Å². The molecule has 1 aromatic heterocycles. The summed E-state index contributed by atoms with van der Waals surface area (Å²) in [5.74, 6) is 1.62. The number of amides is 1. The Morgan fingerprint density at radius 2 is 2.20 bits per heavy atom. The van der Waals surface area contributed by atoms with E-state index in [1.54, 1.807) is 13.3 Å². The van der Waals surface area contributed by atoms with Gasteiger partial charge in [0.05, 0.1) is 13.5 Å². The molecule has 1 heterocycles. The third-order valence-corrected chi connectivity index (χ3v) is 3.02. The van der Waals surface area contributed by atoms with Gasteiger partial charge < -0.3 is 15.0 Å². The average Bonchev–Trinajstić information content (AvgIpc) is 2.85. The molecule has 0 aliphatic rings. The number of carbonyl (C=O) groups excluding carboxylic acids is 1. The van der Waals surface area contributed by atoms with Gasteiger partial charge in [0.15, 0.2) is 0 Å². The number of nitrogens with one attached hydrogen (secondary N) is 2. The molecule has 106 valence electrons. The molecule has 0 aliphatic carbocycles. The quantitative estimate of drug-likeness (QED) is 0.840. The van der Waals surface area contributed by atoms with E-state index < -0.39 is 0 Å². The topological polar surface area (TPSA) is 67.0 Å². The van der Waals surface area contributed by atoms with Gasteiger partial charge in [0, 0.05) is 30.4 Å². The van der Waals surface area contributed by atoms with E-state index in [9.17, 15) is 4.79 Å². The van der Waals surface area contributed by atoms with E-state index in [4.69, 9.17) is 4.74 Å². The largest absolute Gasteiger partial charge is 0.496 e. The van der Waals surface area contributed by atoms with Gasteiger partial charge in [0.2, 0.25) is 5.91 Å². The maximum absolute atomic E-state index is 11.9.